The molecule has 0 unspecified atom stereocenters. The molecule has 1 N–H and O–H groups in total. The number of thiazole rings is 1. The van der Waals surface area contributed by atoms with E-state index in [1.165, 1.54) is 11.3 Å². The van der Waals surface area contributed by atoms with Gasteiger partial charge in [0.05, 0.1) is 6.61 Å². The van der Waals surface area contributed by atoms with Crippen LogP contribution < -0.4 is 5.32 Å². The highest BCUT2D eigenvalue weighted by molar-refractivity contribution is 7.89. The average molecular weight is 330 g/mol. The van der Waals surface area contributed by atoms with E-state index >= 15 is 0 Å². The Kier molecular flexibility index (Phi) is 3.91. The zero-order chi connectivity index (χ0) is 15.0. The zero-order valence-corrected chi connectivity index (χ0v) is 13.6. The van der Waals surface area contributed by atoms with Crippen molar-refractivity contribution in [2.75, 3.05) is 32.6 Å². The first-order chi connectivity index (χ1) is 10.1. The first-order valence-electron chi connectivity index (χ1n) is 6.73. The minimum Gasteiger partial charge on any atom is -0.383 e. The van der Waals surface area contributed by atoms with Gasteiger partial charge in [0.25, 0.3) is 10.0 Å². The third-order valence-corrected chi connectivity index (χ3v) is 6.21. The maximum Gasteiger partial charge on any atom is 0.263 e. The summed E-state index contributed by atoms with van der Waals surface area (Å²) >= 11 is 1.41. The number of anilines is 1. The number of nitrogens with one attached hydrogen (secondary N) is 1. The van der Waals surface area contributed by atoms with Crippen molar-refractivity contribution in [1.82, 2.24) is 13.7 Å². The number of methoxy groups -OCH3 is 1. The molecule has 0 aromatic carbocycles. The topological polar surface area (TPSA) is 75.9 Å². The summed E-state index contributed by atoms with van der Waals surface area (Å²) in [6.07, 6.45) is 3.55. The SMILES string of the molecule is CNc1nc2sccn2c1S(=O)(=O)N(CCOC)C1CC1. The van der Waals surface area contributed by atoms with Crippen LogP contribution in [0, 0.1) is 0 Å². The van der Waals surface area contributed by atoms with Crippen LogP contribution in [0.4, 0.5) is 5.82 Å². The Balaban J connectivity index is 2.07. The van der Waals surface area contributed by atoms with Crippen molar-refractivity contribution in [3.05, 3.63) is 11.6 Å². The molecule has 2 aromatic rings. The second-order valence-corrected chi connectivity index (χ2v) is 7.59. The Morgan fingerprint density at radius 3 is 2.95 bits per heavy atom. The van der Waals surface area contributed by atoms with Gasteiger partial charge in [0, 0.05) is 38.3 Å². The second kappa shape index (κ2) is 5.56. The highest BCUT2D eigenvalue weighted by Crippen LogP contribution is 2.35. The smallest absolute Gasteiger partial charge is 0.263 e. The third kappa shape index (κ3) is 2.54. The summed E-state index contributed by atoms with van der Waals surface area (Å²) in [7, 11) is -0.349. The molecule has 21 heavy (non-hydrogen) atoms. The molecule has 1 fully saturated rings. The van der Waals surface area contributed by atoms with Gasteiger partial charge in [0.1, 0.15) is 0 Å². The lowest BCUT2D eigenvalue weighted by Gasteiger charge is -2.21. The van der Waals surface area contributed by atoms with E-state index in [0.29, 0.717) is 23.9 Å². The van der Waals surface area contributed by atoms with E-state index in [4.69, 9.17) is 4.74 Å². The Bertz CT molecular complexity index is 733. The molecule has 1 aliphatic carbocycles. The molecule has 3 rings (SSSR count). The van der Waals surface area contributed by atoms with E-state index in [-0.39, 0.29) is 11.1 Å². The zero-order valence-electron chi connectivity index (χ0n) is 11.9. The number of imidazole rings is 1. The van der Waals surface area contributed by atoms with Crippen molar-refractivity contribution >= 4 is 32.1 Å². The fourth-order valence-corrected chi connectivity index (χ4v) is 5.03. The predicted molar refractivity (Wildman–Crippen MR) is 81.4 cm³/mol. The molecular formula is C12H18N4O3S2. The molecule has 0 amide bonds. The van der Waals surface area contributed by atoms with Crippen LogP contribution in [0.3, 0.4) is 0 Å². The van der Waals surface area contributed by atoms with Crippen LogP contribution in [0.2, 0.25) is 0 Å². The fourth-order valence-electron chi connectivity index (χ4n) is 2.33. The van der Waals surface area contributed by atoms with Crippen LogP contribution in [0.5, 0.6) is 0 Å². The number of hydrogen-bond acceptors (Lipinski definition) is 6. The van der Waals surface area contributed by atoms with E-state index in [2.05, 4.69) is 10.3 Å². The maximum atomic E-state index is 13.0. The van der Waals surface area contributed by atoms with Crippen LogP contribution >= 0.6 is 11.3 Å². The molecule has 2 aromatic heterocycles. The van der Waals surface area contributed by atoms with E-state index in [9.17, 15) is 8.42 Å². The summed E-state index contributed by atoms with van der Waals surface area (Å²) in [5.41, 5.74) is 0. The lowest BCUT2D eigenvalue weighted by atomic mass is 10.6. The van der Waals surface area contributed by atoms with Gasteiger partial charge in [0.2, 0.25) is 0 Å². The maximum absolute atomic E-state index is 13.0. The second-order valence-electron chi connectivity index (χ2n) is 4.91. The standard InChI is InChI=1S/C12H18N4O3S2/c1-13-10-11(15-6-8-20-12(15)14-10)21(17,18)16(5-7-19-2)9-3-4-9/h6,8-9,13H,3-5,7H2,1-2H3. The molecule has 0 spiro atoms. The van der Waals surface area contributed by atoms with Gasteiger partial charge >= 0.3 is 0 Å². The molecule has 0 aliphatic heterocycles. The number of nitrogens with zero attached hydrogens (tertiary/aromatic N) is 3. The van der Waals surface area contributed by atoms with E-state index in [1.54, 1.807) is 29.1 Å². The summed E-state index contributed by atoms with van der Waals surface area (Å²) in [6, 6.07) is 0.0824. The molecule has 1 saturated carbocycles. The Hall–Kier alpha value is -1.16. The molecule has 7 nitrogen and oxygen atoms in total. The molecule has 0 bridgehead atoms. The van der Waals surface area contributed by atoms with E-state index < -0.39 is 10.0 Å². The van der Waals surface area contributed by atoms with Crippen LogP contribution in [0.25, 0.3) is 4.96 Å². The van der Waals surface area contributed by atoms with Gasteiger partial charge in [0.15, 0.2) is 15.8 Å². The number of aromatic nitrogens is 2. The summed E-state index contributed by atoms with van der Waals surface area (Å²) in [4.78, 5) is 5.00. The van der Waals surface area contributed by atoms with Gasteiger partial charge in [-0.25, -0.2) is 13.4 Å². The first-order valence-corrected chi connectivity index (χ1v) is 9.05. The lowest BCUT2D eigenvalue weighted by molar-refractivity contribution is 0.177. The van der Waals surface area contributed by atoms with Crippen molar-refractivity contribution in [2.45, 2.75) is 23.9 Å². The minimum atomic E-state index is -3.61. The molecule has 2 heterocycles. The molecule has 0 radical (unpaired) electrons. The van der Waals surface area contributed by atoms with Gasteiger partial charge in [-0.2, -0.15) is 4.31 Å². The largest absolute Gasteiger partial charge is 0.383 e. The van der Waals surface area contributed by atoms with Gasteiger partial charge < -0.3 is 10.1 Å². The van der Waals surface area contributed by atoms with Crippen LogP contribution in [-0.2, 0) is 14.8 Å². The third-order valence-electron chi connectivity index (χ3n) is 3.48. The number of ether oxygens (including phenoxy) is 1. The summed E-state index contributed by atoms with van der Waals surface area (Å²) < 4.78 is 34.3. The fraction of sp³-hybridized carbons (Fsp3) is 0.583. The van der Waals surface area contributed by atoms with Crippen molar-refractivity contribution in [2.24, 2.45) is 0 Å². The Morgan fingerprint density at radius 1 is 1.57 bits per heavy atom. The van der Waals surface area contributed by atoms with Crippen molar-refractivity contribution in [3.63, 3.8) is 0 Å². The van der Waals surface area contributed by atoms with E-state index in [1.807, 2.05) is 5.38 Å². The normalized spacial score (nSPS) is 16.0. The molecule has 0 atom stereocenters. The Morgan fingerprint density at radius 2 is 2.33 bits per heavy atom. The highest BCUT2D eigenvalue weighted by Gasteiger charge is 2.40. The van der Waals surface area contributed by atoms with Crippen LogP contribution in [0.15, 0.2) is 16.6 Å². The van der Waals surface area contributed by atoms with Gasteiger partial charge in [-0.05, 0) is 12.8 Å². The summed E-state index contributed by atoms with van der Waals surface area (Å²) in [6.45, 7) is 0.750. The molecular weight excluding hydrogens is 312 g/mol. The van der Waals surface area contributed by atoms with Gasteiger partial charge in [-0.15, -0.1) is 11.3 Å². The number of rotatable bonds is 7. The van der Waals surface area contributed by atoms with Crippen LogP contribution in [0.1, 0.15) is 12.8 Å². The molecule has 1 aliphatic rings. The van der Waals surface area contributed by atoms with Crippen molar-refractivity contribution < 1.29 is 13.2 Å². The van der Waals surface area contributed by atoms with E-state index in [0.717, 1.165) is 12.8 Å². The summed E-state index contributed by atoms with van der Waals surface area (Å²) in [5.74, 6) is 0.393. The minimum absolute atomic E-state index is 0.0824. The van der Waals surface area contributed by atoms with Gasteiger partial charge in [-0.1, -0.05) is 0 Å². The number of hydrogen-bond donors (Lipinski definition) is 1. The Labute approximate surface area is 127 Å². The predicted octanol–water partition coefficient (Wildman–Crippen LogP) is 1.24. The quantitative estimate of drug-likeness (QED) is 0.826. The highest BCUT2D eigenvalue weighted by atomic mass is 32.2. The van der Waals surface area contributed by atoms with Crippen molar-refractivity contribution in [1.29, 1.82) is 0 Å². The monoisotopic (exact) mass is 330 g/mol. The lowest BCUT2D eigenvalue weighted by Crippen LogP contribution is -2.36. The average Bonchev–Trinajstić information content (AvgIpc) is 3.06. The molecule has 116 valence electrons. The molecule has 0 saturated heterocycles. The first kappa shape index (κ1) is 14.8. The number of fused-ring (bicyclic) bond motifs is 1. The van der Waals surface area contributed by atoms with Gasteiger partial charge in [-0.3, -0.25) is 4.40 Å². The summed E-state index contributed by atoms with van der Waals surface area (Å²) in [5, 5.41) is 4.93. The number of sulfonamides is 1. The van der Waals surface area contributed by atoms with Crippen LogP contribution in [-0.4, -0.2) is 55.5 Å². The molecule has 9 heteroatoms. The van der Waals surface area contributed by atoms with Crippen molar-refractivity contribution in [3.8, 4) is 0 Å².